The molecule has 130 valence electrons. The summed E-state index contributed by atoms with van der Waals surface area (Å²) < 4.78 is 10.1. The monoisotopic (exact) mass is 331 g/mol. The van der Waals surface area contributed by atoms with Crippen LogP contribution in [0.1, 0.15) is 44.2 Å². The Morgan fingerprint density at radius 2 is 2.04 bits per heavy atom. The van der Waals surface area contributed by atoms with Gasteiger partial charge in [-0.1, -0.05) is 43.7 Å². The zero-order valence-corrected chi connectivity index (χ0v) is 14.6. The molecular formula is C19H25NO4. The van der Waals surface area contributed by atoms with Crippen LogP contribution in [0, 0.1) is 0 Å². The van der Waals surface area contributed by atoms with Gasteiger partial charge in [0.1, 0.15) is 5.54 Å². The lowest BCUT2D eigenvalue weighted by Gasteiger charge is -2.38. The molecule has 0 bridgehead atoms. The van der Waals surface area contributed by atoms with E-state index in [1.807, 2.05) is 37.3 Å². The Labute approximate surface area is 143 Å². The van der Waals surface area contributed by atoms with Crippen molar-refractivity contribution in [3.63, 3.8) is 0 Å². The van der Waals surface area contributed by atoms with E-state index >= 15 is 0 Å². The van der Waals surface area contributed by atoms with Crippen molar-refractivity contribution in [1.29, 1.82) is 0 Å². The van der Waals surface area contributed by atoms with Gasteiger partial charge in [-0.2, -0.15) is 0 Å². The number of hydrogen-bond donors (Lipinski definition) is 1. The van der Waals surface area contributed by atoms with E-state index < -0.39 is 5.54 Å². The van der Waals surface area contributed by atoms with Crippen LogP contribution in [0.4, 0.5) is 0 Å². The molecule has 0 radical (unpaired) electrons. The standard InChI is InChI=1S/C19H25NO4/c1-4-12-19(18(22)23-3)16-9-7-6-8-15(16)14(13-20-19)10-11-17(21)24-5-2/h6-10,20H,4-5,11-13H2,1-3H3/b14-10-. The molecule has 1 atom stereocenters. The molecule has 5 nitrogen and oxygen atoms in total. The minimum Gasteiger partial charge on any atom is -0.467 e. The first-order chi connectivity index (χ1) is 11.6. The van der Waals surface area contributed by atoms with Crippen molar-refractivity contribution in [3.8, 4) is 0 Å². The zero-order valence-electron chi connectivity index (χ0n) is 14.6. The number of esters is 2. The molecule has 0 saturated carbocycles. The van der Waals surface area contributed by atoms with Crippen molar-refractivity contribution in [2.75, 3.05) is 20.3 Å². The molecule has 1 N–H and O–H groups in total. The van der Waals surface area contributed by atoms with Crippen LogP contribution in [-0.4, -0.2) is 32.2 Å². The molecule has 2 rings (SSSR count). The van der Waals surface area contributed by atoms with Crippen LogP contribution in [0.5, 0.6) is 0 Å². The summed E-state index contributed by atoms with van der Waals surface area (Å²) in [5, 5.41) is 3.35. The first kappa shape index (κ1) is 18.2. The van der Waals surface area contributed by atoms with Crippen molar-refractivity contribution in [1.82, 2.24) is 5.32 Å². The summed E-state index contributed by atoms with van der Waals surface area (Å²) >= 11 is 0. The maximum atomic E-state index is 12.5. The van der Waals surface area contributed by atoms with Crippen LogP contribution in [-0.2, 0) is 24.6 Å². The number of carbonyl (C=O) groups excluding carboxylic acids is 2. The molecule has 1 aromatic rings. The molecule has 1 aromatic carbocycles. The lowest BCUT2D eigenvalue weighted by atomic mass is 9.77. The average molecular weight is 331 g/mol. The second kappa shape index (κ2) is 8.11. The van der Waals surface area contributed by atoms with E-state index in [-0.39, 0.29) is 18.4 Å². The molecule has 1 heterocycles. The van der Waals surface area contributed by atoms with Crippen molar-refractivity contribution in [2.45, 2.75) is 38.6 Å². The van der Waals surface area contributed by atoms with Crippen molar-refractivity contribution in [3.05, 3.63) is 41.5 Å². The average Bonchev–Trinajstić information content (AvgIpc) is 2.60. The fraction of sp³-hybridized carbons (Fsp3) is 0.474. The van der Waals surface area contributed by atoms with Gasteiger partial charge in [0.25, 0.3) is 0 Å². The highest BCUT2D eigenvalue weighted by Gasteiger charge is 2.44. The Bertz CT molecular complexity index is 638. The van der Waals surface area contributed by atoms with Gasteiger partial charge in [-0.25, -0.2) is 4.79 Å². The number of hydrogen-bond acceptors (Lipinski definition) is 5. The molecule has 1 unspecified atom stereocenters. The second-order valence-corrected chi connectivity index (χ2v) is 5.78. The Kier molecular flexibility index (Phi) is 6.15. The quantitative estimate of drug-likeness (QED) is 0.812. The minimum atomic E-state index is -0.832. The molecule has 5 heteroatoms. The van der Waals surface area contributed by atoms with E-state index in [0.717, 1.165) is 23.1 Å². The van der Waals surface area contributed by atoms with Gasteiger partial charge in [-0.15, -0.1) is 0 Å². The van der Waals surface area contributed by atoms with E-state index in [1.165, 1.54) is 7.11 Å². The lowest BCUT2D eigenvalue weighted by molar-refractivity contribution is -0.149. The second-order valence-electron chi connectivity index (χ2n) is 5.78. The molecule has 0 spiro atoms. The van der Waals surface area contributed by atoms with Crippen molar-refractivity contribution in [2.24, 2.45) is 0 Å². The maximum Gasteiger partial charge on any atom is 0.330 e. The Balaban J connectivity index is 2.41. The first-order valence-electron chi connectivity index (χ1n) is 8.37. The Morgan fingerprint density at radius 1 is 1.29 bits per heavy atom. The highest BCUT2D eigenvalue weighted by atomic mass is 16.5. The van der Waals surface area contributed by atoms with Crippen molar-refractivity contribution >= 4 is 17.5 Å². The summed E-state index contributed by atoms with van der Waals surface area (Å²) in [6.45, 7) is 4.71. The number of rotatable bonds is 6. The molecule has 0 aliphatic carbocycles. The summed E-state index contributed by atoms with van der Waals surface area (Å²) in [6.07, 6.45) is 3.59. The van der Waals surface area contributed by atoms with E-state index in [1.54, 1.807) is 6.92 Å². The largest absolute Gasteiger partial charge is 0.467 e. The Morgan fingerprint density at radius 3 is 2.71 bits per heavy atom. The van der Waals surface area contributed by atoms with Crippen LogP contribution >= 0.6 is 0 Å². The fourth-order valence-corrected chi connectivity index (χ4v) is 3.24. The summed E-state index contributed by atoms with van der Waals surface area (Å²) in [5.74, 6) is -0.526. The number of nitrogens with one attached hydrogen (secondary N) is 1. The third-order valence-electron chi connectivity index (χ3n) is 4.29. The SMILES string of the molecule is CCCC1(C(=O)OC)NC/C(=C/CC(=O)OCC)c2ccccc21. The number of benzene rings is 1. The van der Waals surface area contributed by atoms with Gasteiger partial charge in [0.2, 0.25) is 0 Å². The zero-order chi connectivity index (χ0) is 17.6. The number of methoxy groups -OCH3 is 1. The van der Waals surface area contributed by atoms with E-state index in [9.17, 15) is 9.59 Å². The molecule has 24 heavy (non-hydrogen) atoms. The normalized spacial score (nSPS) is 21.2. The summed E-state index contributed by atoms with van der Waals surface area (Å²) in [7, 11) is 1.41. The molecule has 1 aliphatic heterocycles. The smallest absolute Gasteiger partial charge is 0.330 e. The van der Waals surface area contributed by atoms with Gasteiger partial charge < -0.3 is 9.47 Å². The van der Waals surface area contributed by atoms with Crippen LogP contribution in [0.3, 0.4) is 0 Å². The van der Waals surface area contributed by atoms with Crippen LogP contribution in [0.15, 0.2) is 30.3 Å². The molecule has 0 saturated heterocycles. The van der Waals surface area contributed by atoms with Crippen LogP contribution < -0.4 is 5.32 Å². The number of ether oxygens (including phenoxy) is 2. The van der Waals surface area contributed by atoms with Gasteiger partial charge in [0, 0.05) is 6.54 Å². The van der Waals surface area contributed by atoms with Gasteiger partial charge in [0.15, 0.2) is 0 Å². The molecule has 0 amide bonds. The van der Waals surface area contributed by atoms with Crippen molar-refractivity contribution < 1.29 is 19.1 Å². The van der Waals surface area contributed by atoms with E-state index in [2.05, 4.69) is 5.32 Å². The molecular weight excluding hydrogens is 306 g/mol. The van der Waals surface area contributed by atoms with E-state index in [0.29, 0.717) is 19.6 Å². The predicted octanol–water partition coefficient (Wildman–Crippen LogP) is 2.79. The fourth-order valence-electron chi connectivity index (χ4n) is 3.24. The molecule has 0 fully saturated rings. The summed E-state index contributed by atoms with van der Waals surface area (Å²) in [6, 6.07) is 7.80. The molecule has 0 aromatic heterocycles. The maximum absolute atomic E-state index is 12.5. The van der Waals surface area contributed by atoms with Crippen LogP contribution in [0.2, 0.25) is 0 Å². The highest BCUT2D eigenvalue weighted by molar-refractivity contribution is 5.88. The number of fused-ring (bicyclic) bond motifs is 1. The Hall–Kier alpha value is -2.14. The summed E-state index contributed by atoms with van der Waals surface area (Å²) in [5.41, 5.74) is 2.05. The first-order valence-corrected chi connectivity index (χ1v) is 8.37. The third-order valence-corrected chi connectivity index (χ3v) is 4.29. The van der Waals surface area contributed by atoms with Crippen LogP contribution in [0.25, 0.3) is 5.57 Å². The molecule has 1 aliphatic rings. The van der Waals surface area contributed by atoms with E-state index in [4.69, 9.17) is 9.47 Å². The van der Waals surface area contributed by atoms with Gasteiger partial charge >= 0.3 is 11.9 Å². The third kappa shape index (κ3) is 3.51. The topological polar surface area (TPSA) is 64.6 Å². The van der Waals surface area contributed by atoms with Gasteiger partial charge in [-0.05, 0) is 30.0 Å². The highest BCUT2D eigenvalue weighted by Crippen LogP contribution is 2.37. The summed E-state index contributed by atoms with van der Waals surface area (Å²) in [4.78, 5) is 24.1. The number of carbonyl (C=O) groups is 2. The van der Waals surface area contributed by atoms with Gasteiger partial charge in [0.05, 0.1) is 20.1 Å². The predicted molar refractivity (Wildman–Crippen MR) is 92.3 cm³/mol. The lowest BCUT2D eigenvalue weighted by Crippen LogP contribution is -2.53. The minimum absolute atomic E-state index is 0.220. The van der Waals surface area contributed by atoms with Gasteiger partial charge in [-0.3, -0.25) is 10.1 Å².